The van der Waals surface area contributed by atoms with Crippen LogP contribution in [0.25, 0.3) is 21.5 Å². The molecule has 8 unspecified atom stereocenters. The first-order chi connectivity index (χ1) is 65.3. The fourth-order valence-corrected chi connectivity index (χ4v) is 21.9. The number of para-hydroxylation sites is 2. The second-order valence-electron chi connectivity index (χ2n) is 32.5. The molecular formula is C99H109AlBN5O20S12. The van der Waals surface area contributed by atoms with Gasteiger partial charge in [-0.05, 0) is 193 Å². The van der Waals surface area contributed by atoms with Gasteiger partial charge in [-0.1, -0.05) is 217 Å². The average molecular weight is 2110 g/mol. The first-order valence-electron chi connectivity index (χ1n) is 43.6. The molecule has 2 spiro atoms. The second kappa shape index (κ2) is 53.4. The van der Waals surface area contributed by atoms with Gasteiger partial charge in [-0.2, -0.15) is 0 Å². The molecule has 0 aromatic heterocycles. The summed E-state index contributed by atoms with van der Waals surface area (Å²) in [6.07, 6.45) is 17.2. The number of nitrogens with zero attached hydrogens (tertiary/aromatic N) is 4. The van der Waals surface area contributed by atoms with Crippen LogP contribution in [0.1, 0.15) is 159 Å². The number of hydrogen-bond donors (Lipinski definition) is 1. The summed E-state index contributed by atoms with van der Waals surface area (Å²) in [5.74, 6) is -5.92. The van der Waals surface area contributed by atoms with Crippen LogP contribution in [0.3, 0.4) is 0 Å². The van der Waals surface area contributed by atoms with E-state index in [1.54, 1.807) is 80.6 Å². The predicted octanol–water partition coefficient (Wildman–Crippen LogP) is 23.0. The molecule has 8 aromatic rings. The standard InChI is InChI=1S/C53H60N2O11S6.C39H36N2O7S6.C7H12O2.Al.B.HN/c1-10-12-22-61-48(59)42(71-50(67)69-8)24-31(3)45(56)64-36-26-34(27-37(28-36)65-46(57)32(4)25-43(72-51(68)70-9)49(60)62-23-13-11-2)47(58)63-35-20-18-33-19-21-41-44(38(33)29-35)54-30-53(66-41)52(5,6)39-16-14-15-17-40(39)55(53)7;1-21(53-36(49)51-6)33(42)46-26-16-24(17-27(18-26)47-34(43)22(2)54-37(50)52-7)35(44)45-25-14-12-23-13-15-31-32(28(23)19-25)40-20-39(48-31)38(3,4)29-10-8-9-11-30(29)41(39)5;1-3-5-6-9-7(8)4-2;;;/h14-21,26-32,42-43H,10-13,22-25H2,1-9H3;8-22H,1-7H3;4H,2-3,5-6H2,1H3;;;1H. The Kier molecular flexibility index (Phi) is 44.4. The molecule has 4 aliphatic heterocycles. The van der Waals surface area contributed by atoms with Crippen molar-refractivity contribution in [3.63, 3.8) is 0 Å². The first kappa shape index (κ1) is 115. The number of rotatable bonds is 32. The van der Waals surface area contributed by atoms with Gasteiger partial charge in [-0.3, -0.25) is 38.8 Å². The number of esters is 9. The van der Waals surface area contributed by atoms with E-state index in [0.717, 1.165) is 87.9 Å². The third kappa shape index (κ3) is 28.7. The minimum atomic E-state index is -0.905. The number of hydrogen-bond acceptors (Lipinski definition) is 37. The molecule has 4 radical (unpaired) electrons. The van der Waals surface area contributed by atoms with Crippen LogP contribution in [-0.4, -0.2) is 196 Å². The predicted molar refractivity (Wildman–Crippen MR) is 583 cm³/mol. The van der Waals surface area contributed by atoms with E-state index in [9.17, 15) is 43.2 Å². The Labute approximate surface area is 871 Å². The minimum absolute atomic E-state index is 0. The molecule has 12 rings (SSSR count). The van der Waals surface area contributed by atoms with E-state index < -0.39 is 103 Å². The van der Waals surface area contributed by atoms with Crippen LogP contribution in [0.15, 0.2) is 168 Å². The molecule has 0 amide bonds. The van der Waals surface area contributed by atoms with Crippen LogP contribution in [0.2, 0.25) is 0 Å². The summed E-state index contributed by atoms with van der Waals surface area (Å²) >= 11 is 33.0. The van der Waals surface area contributed by atoms with E-state index in [1.165, 1.54) is 113 Å². The van der Waals surface area contributed by atoms with E-state index >= 15 is 0 Å². The number of ether oxygens (including phenoxy) is 11. The van der Waals surface area contributed by atoms with Crippen LogP contribution in [0, 0.1) is 16.2 Å². The van der Waals surface area contributed by atoms with Gasteiger partial charge in [0, 0.05) is 62.9 Å². The van der Waals surface area contributed by atoms with Crippen molar-refractivity contribution in [3.8, 4) is 46.0 Å². The number of aliphatic imine (C=N–C) groups is 2. The van der Waals surface area contributed by atoms with Crippen LogP contribution in [-0.2, 0) is 58.6 Å². The number of nitrogens with one attached hydrogen (secondary N) is 1. The van der Waals surface area contributed by atoms with Crippen molar-refractivity contribution < 1.29 is 95.3 Å². The van der Waals surface area contributed by atoms with Gasteiger partial charge in [0.05, 0.1) is 66.0 Å². The van der Waals surface area contributed by atoms with Gasteiger partial charge in [0.15, 0.2) is 0 Å². The van der Waals surface area contributed by atoms with Gasteiger partial charge in [0.1, 0.15) is 92.5 Å². The Morgan fingerprint density at radius 2 is 0.768 bits per heavy atom. The molecule has 0 saturated heterocycles. The number of anilines is 2. The van der Waals surface area contributed by atoms with Crippen LogP contribution >= 0.6 is 143 Å². The van der Waals surface area contributed by atoms with Gasteiger partial charge in [0.2, 0.25) is 11.4 Å². The molecule has 4 heterocycles. The summed E-state index contributed by atoms with van der Waals surface area (Å²) < 4.78 is 72.1. The van der Waals surface area contributed by atoms with Crippen molar-refractivity contribution in [1.29, 1.82) is 4.35 Å². The second-order valence-corrected chi connectivity index (χ2v) is 45.7. The number of carbonyl (C=O) groups excluding carboxylic acids is 9. The van der Waals surface area contributed by atoms with Crippen molar-refractivity contribution >= 4 is 292 Å². The molecule has 138 heavy (non-hydrogen) atoms. The zero-order valence-electron chi connectivity index (χ0n) is 79.5. The zero-order valence-corrected chi connectivity index (χ0v) is 90.5. The molecule has 8 atom stereocenters. The van der Waals surface area contributed by atoms with Crippen molar-refractivity contribution in [2.45, 2.75) is 171 Å². The summed E-state index contributed by atoms with van der Waals surface area (Å²) in [4.78, 5) is 132. The number of fused-ring (bicyclic) bond motifs is 8. The van der Waals surface area contributed by atoms with Crippen LogP contribution < -0.4 is 47.7 Å². The van der Waals surface area contributed by atoms with Gasteiger partial charge in [-0.25, -0.2) is 14.4 Å². The van der Waals surface area contributed by atoms with Crippen LogP contribution in [0.4, 0.5) is 22.7 Å². The average Bonchev–Trinajstić information content (AvgIpc) is 1.54. The molecule has 0 saturated carbocycles. The third-order valence-corrected chi connectivity index (χ3v) is 33.4. The summed E-state index contributed by atoms with van der Waals surface area (Å²) in [6, 6.07) is 42.5. The monoisotopic (exact) mass is 2110 g/mol. The normalized spacial score (nSPS) is 16.3. The fourth-order valence-electron chi connectivity index (χ4n) is 14.8. The molecule has 4 aliphatic rings. The molecule has 39 heteroatoms. The van der Waals surface area contributed by atoms with E-state index in [-0.39, 0.29) is 86.1 Å². The first-order valence-corrected chi connectivity index (χ1v) is 54.3. The Bertz CT molecular complexity index is 5790. The van der Waals surface area contributed by atoms with Crippen molar-refractivity contribution in [2.75, 3.05) is 68.7 Å². The quantitative estimate of drug-likeness (QED) is 0.00778. The topological polar surface area (TPSA) is 310 Å². The molecule has 8 aromatic carbocycles. The maximum absolute atomic E-state index is 14.2. The van der Waals surface area contributed by atoms with Crippen molar-refractivity contribution in [2.24, 2.45) is 21.8 Å². The van der Waals surface area contributed by atoms with E-state index in [0.29, 0.717) is 61.8 Å². The molecule has 0 fully saturated rings. The molecule has 0 bridgehead atoms. The molecular weight excluding hydrogens is 2000 g/mol. The summed E-state index contributed by atoms with van der Waals surface area (Å²) in [7, 11) is 4.00. The molecule has 1 N–H and O–H groups in total. The fraction of sp³-hybridized carbons (Fsp3) is 0.384. The van der Waals surface area contributed by atoms with E-state index in [4.69, 9.17) is 111 Å². The Hall–Kier alpha value is -8.65. The van der Waals surface area contributed by atoms with E-state index in [2.05, 4.69) is 73.1 Å². The summed E-state index contributed by atoms with van der Waals surface area (Å²) in [5, 5.41) is 0.283. The number of carbonyl (C=O) groups is 9. The number of thiocarbonyl (C=S) groups is 4. The van der Waals surface area contributed by atoms with Gasteiger partial charge < -0.3 is 61.9 Å². The molecule has 25 nitrogen and oxygen atoms in total. The van der Waals surface area contributed by atoms with E-state index in [1.807, 2.05) is 120 Å². The third-order valence-electron chi connectivity index (χ3n) is 22.5. The zero-order chi connectivity index (χ0) is 100. The molecule has 0 aliphatic carbocycles. The summed E-state index contributed by atoms with van der Waals surface area (Å²) in [6.45, 7) is 25.4. The number of likely N-dealkylation sites (N-methyl/N-ethyl adjacent to an activating group) is 2. The maximum atomic E-state index is 14.2. The number of thioether (sulfide) groups is 8. The number of benzene rings is 8. The SMILES string of the molecule is C=CC(=O)OCCCC.CCCCOC(=O)C(CC(C)C(=O)Oc1cc(OC(=O)C(C)CC(SC(=S)SC)C(=O)OCCCC)cc(C(=O)Oc2ccc3ccc4c(c3c2)N=CC2(O4)N(C)c3ccccc3C2(C)C)c1)SC(=S)SC.CSC(=S)SC(C)C(=O)Oc1cc(OC(=O)C(C)SC(=S)SC)cc(C(=O)Oc2ccc3ccc4c(c3c2)N=CC2(O4)N(C)c3ccccc3C2(C)C)c1.[B].[NH]=[Al]. The Balaban J connectivity index is 0.000000312. The molecule has 728 valence electrons. The van der Waals surface area contributed by atoms with Crippen molar-refractivity contribution in [3.05, 3.63) is 181 Å². The van der Waals surface area contributed by atoms with Crippen LogP contribution in [0.5, 0.6) is 46.0 Å². The number of unbranched alkanes of at least 4 members (excludes halogenated alkanes) is 3. The summed E-state index contributed by atoms with van der Waals surface area (Å²) in [5.41, 5.74) is 2.84. The van der Waals surface area contributed by atoms with Crippen molar-refractivity contribution in [1.82, 2.24) is 0 Å². The van der Waals surface area contributed by atoms with Gasteiger partial charge in [-0.15, -0.1) is 47.0 Å². The van der Waals surface area contributed by atoms with Gasteiger partial charge >= 0.3 is 74.2 Å². The van der Waals surface area contributed by atoms with Gasteiger partial charge in [0.25, 0.3) is 0 Å². The Morgan fingerprint density at radius 3 is 1.10 bits per heavy atom. The Morgan fingerprint density at radius 1 is 0.442 bits per heavy atom.